The van der Waals surface area contributed by atoms with Gasteiger partial charge < -0.3 is 9.84 Å². The Balaban J connectivity index is 2.35. The summed E-state index contributed by atoms with van der Waals surface area (Å²) in [6.07, 6.45) is 3.38. The zero-order valence-electron chi connectivity index (χ0n) is 8.99. The molecule has 1 aliphatic rings. The smallest absolute Gasteiger partial charge is 0.0593 e. The Morgan fingerprint density at radius 1 is 1.23 bits per heavy atom. The van der Waals surface area contributed by atoms with E-state index in [-0.39, 0.29) is 6.10 Å². The van der Waals surface area contributed by atoms with Gasteiger partial charge >= 0.3 is 0 Å². The third-order valence-corrected chi connectivity index (χ3v) is 2.99. The molecule has 0 aliphatic heterocycles. The summed E-state index contributed by atoms with van der Waals surface area (Å²) in [4.78, 5) is 0. The summed E-state index contributed by atoms with van der Waals surface area (Å²) in [5.41, 5.74) is 0. The fourth-order valence-corrected chi connectivity index (χ4v) is 2.19. The van der Waals surface area contributed by atoms with Crippen molar-refractivity contribution >= 4 is 0 Å². The summed E-state index contributed by atoms with van der Waals surface area (Å²) < 4.78 is 5.71. The van der Waals surface area contributed by atoms with Crippen LogP contribution in [0.2, 0.25) is 0 Å². The number of rotatable bonds is 3. The minimum Gasteiger partial charge on any atom is -0.393 e. The largest absolute Gasteiger partial charge is 0.393 e. The summed E-state index contributed by atoms with van der Waals surface area (Å²) in [5, 5.41) is 9.73. The normalized spacial score (nSPS) is 40.6. The van der Waals surface area contributed by atoms with Crippen LogP contribution in [0.1, 0.15) is 40.0 Å². The zero-order valence-corrected chi connectivity index (χ0v) is 8.99. The van der Waals surface area contributed by atoms with Gasteiger partial charge in [-0.3, -0.25) is 0 Å². The quantitative estimate of drug-likeness (QED) is 0.732. The van der Waals surface area contributed by atoms with Gasteiger partial charge in [-0.05, 0) is 31.1 Å². The average molecular weight is 186 g/mol. The maximum Gasteiger partial charge on any atom is 0.0593 e. The molecule has 0 radical (unpaired) electrons. The number of hydrogen-bond acceptors (Lipinski definition) is 2. The molecule has 1 fully saturated rings. The highest BCUT2D eigenvalue weighted by molar-refractivity contribution is 4.82. The molecule has 78 valence electrons. The van der Waals surface area contributed by atoms with Crippen molar-refractivity contribution in [2.45, 2.75) is 52.2 Å². The van der Waals surface area contributed by atoms with E-state index in [2.05, 4.69) is 20.8 Å². The first-order valence-corrected chi connectivity index (χ1v) is 5.44. The summed E-state index contributed by atoms with van der Waals surface area (Å²) in [6, 6.07) is 0. The van der Waals surface area contributed by atoms with Crippen molar-refractivity contribution in [1.82, 2.24) is 0 Å². The van der Waals surface area contributed by atoms with Crippen molar-refractivity contribution in [3.05, 3.63) is 0 Å². The Labute approximate surface area is 81.3 Å². The highest BCUT2D eigenvalue weighted by Gasteiger charge is 2.31. The average Bonchev–Trinajstić information content (AvgIpc) is 2.10. The highest BCUT2D eigenvalue weighted by atomic mass is 16.5. The molecule has 0 heterocycles. The molecule has 1 N–H and O–H groups in total. The van der Waals surface area contributed by atoms with Crippen LogP contribution >= 0.6 is 0 Å². The van der Waals surface area contributed by atoms with Crippen LogP contribution in [0, 0.1) is 11.8 Å². The topological polar surface area (TPSA) is 29.5 Å². The molecule has 13 heavy (non-hydrogen) atoms. The summed E-state index contributed by atoms with van der Waals surface area (Å²) in [6.45, 7) is 7.22. The van der Waals surface area contributed by atoms with Crippen molar-refractivity contribution in [2.24, 2.45) is 11.8 Å². The first-order chi connectivity index (χ1) is 6.15. The Bertz CT molecular complexity index is 135. The van der Waals surface area contributed by atoms with E-state index in [1.54, 1.807) is 0 Å². The van der Waals surface area contributed by atoms with E-state index in [4.69, 9.17) is 4.74 Å². The van der Waals surface area contributed by atoms with Gasteiger partial charge in [-0.15, -0.1) is 0 Å². The zero-order chi connectivity index (χ0) is 9.84. The third kappa shape index (κ3) is 2.96. The Morgan fingerprint density at radius 2 is 1.77 bits per heavy atom. The van der Waals surface area contributed by atoms with Crippen LogP contribution in [0.4, 0.5) is 0 Å². The number of ether oxygens (including phenoxy) is 1. The molecular formula is C11H22O2. The van der Waals surface area contributed by atoms with Crippen LogP contribution in [0.5, 0.6) is 0 Å². The predicted octanol–water partition coefficient (Wildman–Crippen LogP) is 2.21. The maximum absolute atomic E-state index is 9.73. The van der Waals surface area contributed by atoms with Crippen molar-refractivity contribution in [3.63, 3.8) is 0 Å². The lowest BCUT2D eigenvalue weighted by molar-refractivity contribution is -0.0562. The second kappa shape index (κ2) is 4.97. The van der Waals surface area contributed by atoms with Crippen molar-refractivity contribution in [1.29, 1.82) is 0 Å². The van der Waals surface area contributed by atoms with Crippen LogP contribution < -0.4 is 0 Å². The summed E-state index contributed by atoms with van der Waals surface area (Å²) in [7, 11) is 0. The van der Waals surface area contributed by atoms with Crippen molar-refractivity contribution in [2.75, 3.05) is 6.61 Å². The molecule has 0 amide bonds. The van der Waals surface area contributed by atoms with Gasteiger partial charge in [0, 0.05) is 6.61 Å². The molecular weight excluding hydrogens is 164 g/mol. The van der Waals surface area contributed by atoms with Crippen LogP contribution in [0.3, 0.4) is 0 Å². The first kappa shape index (κ1) is 11.0. The third-order valence-electron chi connectivity index (χ3n) is 2.99. The lowest BCUT2D eigenvalue weighted by atomic mass is 9.79. The highest BCUT2D eigenvalue weighted by Crippen LogP contribution is 2.30. The maximum atomic E-state index is 9.73. The van der Waals surface area contributed by atoms with Crippen LogP contribution in [0.25, 0.3) is 0 Å². The summed E-state index contributed by atoms with van der Waals surface area (Å²) in [5.74, 6) is 0.788. The van der Waals surface area contributed by atoms with Gasteiger partial charge in [0.1, 0.15) is 0 Å². The molecule has 0 saturated heterocycles. The van der Waals surface area contributed by atoms with Gasteiger partial charge in [-0.25, -0.2) is 0 Å². The second-order valence-corrected chi connectivity index (χ2v) is 4.41. The minimum atomic E-state index is -0.124. The SMILES string of the molecule is CCCOC1C[C@H](C)C(O)[C@@H](C)C1. The molecule has 1 aliphatic carbocycles. The number of aliphatic hydroxyl groups excluding tert-OH is 1. The molecule has 1 saturated carbocycles. The molecule has 0 bridgehead atoms. The van der Waals surface area contributed by atoms with Gasteiger partial charge in [0.2, 0.25) is 0 Å². The lowest BCUT2D eigenvalue weighted by Crippen LogP contribution is -2.37. The van der Waals surface area contributed by atoms with Gasteiger partial charge in [0.25, 0.3) is 0 Å². The Kier molecular flexibility index (Phi) is 4.20. The fraction of sp³-hybridized carbons (Fsp3) is 1.00. The van der Waals surface area contributed by atoms with E-state index >= 15 is 0 Å². The molecule has 1 rings (SSSR count). The first-order valence-electron chi connectivity index (χ1n) is 5.44. The number of hydrogen-bond donors (Lipinski definition) is 1. The van der Waals surface area contributed by atoms with E-state index in [0.717, 1.165) is 25.9 Å². The van der Waals surface area contributed by atoms with Crippen molar-refractivity contribution in [3.8, 4) is 0 Å². The monoisotopic (exact) mass is 186 g/mol. The lowest BCUT2D eigenvalue weighted by Gasteiger charge is -2.35. The van der Waals surface area contributed by atoms with Crippen LogP contribution in [0.15, 0.2) is 0 Å². The second-order valence-electron chi connectivity index (χ2n) is 4.41. The summed E-state index contributed by atoms with van der Waals surface area (Å²) >= 11 is 0. The molecule has 2 nitrogen and oxygen atoms in total. The minimum absolute atomic E-state index is 0.124. The van der Waals surface area contributed by atoms with E-state index in [0.29, 0.717) is 17.9 Å². The molecule has 2 atom stereocenters. The van der Waals surface area contributed by atoms with E-state index < -0.39 is 0 Å². The Hall–Kier alpha value is -0.0800. The molecule has 0 spiro atoms. The van der Waals surface area contributed by atoms with Crippen molar-refractivity contribution < 1.29 is 9.84 Å². The molecule has 0 unspecified atom stereocenters. The van der Waals surface area contributed by atoms with Gasteiger partial charge in [-0.1, -0.05) is 20.8 Å². The molecule has 2 heteroatoms. The number of aliphatic hydroxyl groups is 1. The van der Waals surface area contributed by atoms with Crippen LogP contribution in [-0.4, -0.2) is 23.9 Å². The fourth-order valence-electron chi connectivity index (χ4n) is 2.19. The van der Waals surface area contributed by atoms with E-state index in [9.17, 15) is 5.11 Å². The molecule has 0 aromatic heterocycles. The van der Waals surface area contributed by atoms with Crippen LogP contribution in [-0.2, 0) is 4.74 Å². The van der Waals surface area contributed by atoms with Gasteiger partial charge in [0.15, 0.2) is 0 Å². The Morgan fingerprint density at radius 3 is 2.23 bits per heavy atom. The van der Waals surface area contributed by atoms with E-state index in [1.807, 2.05) is 0 Å². The van der Waals surface area contributed by atoms with Gasteiger partial charge in [0.05, 0.1) is 12.2 Å². The molecule has 0 aromatic carbocycles. The standard InChI is InChI=1S/C11H22O2/c1-4-5-13-10-6-8(2)11(12)9(3)7-10/h8-12H,4-7H2,1-3H3/t8-,9-,10?,11?/m0/s1. The van der Waals surface area contributed by atoms with E-state index in [1.165, 1.54) is 0 Å². The van der Waals surface area contributed by atoms with Gasteiger partial charge in [-0.2, -0.15) is 0 Å². The predicted molar refractivity (Wildman–Crippen MR) is 53.6 cm³/mol. The molecule has 0 aromatic rings.